The molecule has 4 N–H and O–H groups in total. The van der Waals surface area contributed by atoms with Crippen LogP contribution < -0.4 is 25.8 Å². The van der Waals surface area contributed by atoms with Gasteiger partial charge in [0.1, 0.15) is 11.6 Å². The second-order valence-corrected chi connectivity index (χ2v) is 6.48. The lowest BCUT2D eigenvalue weighted by molar-refractivity contribution is -0.121. The topological polar surface area (TPSA) is 128 Å². The SMILES string of the molecule is NC(=O)c1nccc(Oc2ccc(NC(=S)NC(=O)COc3ccc(F)cc3)cc2F)n1. The Hall–Kier alpha value is -4.19. The number of rotatable bonds is 7. The lowest BCUT2D eigenvalue weighted by Crippen LogP contribution is -2.37. The van der Waals surface area contributed by atoms with E-state index >= 15 is 0 Å². The number of nitrogens with two attached hydrogens (primary N) is 1. The summed E-state index contributed by atoms with van der Waals surface area (Å²) in [6, 6.07) is 10.3. The lowest BCUT2D eigenvalue weighted by Gasteiger charge is -2.12. The molecule has 12 heteroatoms. The monoisotopic (exact) mass is 459 g/mol. The maximum Gasteiger partial charge on any atom is 0.286 e. The molecule has 1 aromatic heterocycles. The zero-order valence-electron chi connectivity index (χ0n) is 16.2. The first-order chi connectivity index (χ1) is 15.3. The summed E-state index contributed by atoms with van der Waals surface area (Å²) in [4.78, 5) is 30.5. The van der Waals surface area contributed by atoms with E-state index in [0.717, 1.165) is 6.07 Å². The minimum atomic E-state index is -0.853. The van der Waals surface area contributed by atoms with Gasteiger partial charge in [-0.1, -0.05) is 0 Å². The van der Waals surface area contributed by atoms with E-state index in [-0.39, 0.29) is 34.9 Å². The van der Waals surface area contributed by atoms with Gasteiger partial charge in [0.05, 0.1) is 0 Å². The van der Waals surface area contributed by atoms with Gasteiger partial charge in [-0.2, -0.15) is 4.98 Å². The van der Waals surface area contributed by atoms with Gasteiger partial charge in [-0.05, 0) is 48.6 Å². The predicted molar refractivity (Wildman–Crippen MR) is 113 cm³/mol. The first kappa shape index (κ1) is 22.5. The summed E-state index contributed by atoms with van der Waals surface area (Å²) in [6.45, 7) is -0.360. The van der Waals surface area contributed by atoms with E-state index in [0.29, 0.717) is 5.75 Å². The maximum atomic E-state index is 14.4. The summed E-state index contributed by atoms with van der Waals surface area (Å²) in [6.07, 6.45) is 1.25. The molecule has 0 unspecified atom stereocenters. The van der Waals surface area contributed by atoms with E-state index in [1.165, 1.54) is 48.7 Å². The second-order valence-electron chi connectivity index (χ2n) is 6.07. The highest BCUT2D eigenvalue weighted by molar-refractivity contribution is 7.80. The summed E-state index contributed by atoms with van der Waals surface area (Å²) in [5.41, 5.74) is 5.33. The third-order valence-electron chi connectivity index (χ3n) is 3.69. The number of halogens is 2. The molecule has 9 nitrogen and oxygen atoms in total. The van der Waals surface area contributed by atoms with Gasteiger partial charge in [-0.3, -0.25) is 14.9 Å². The van der Waals surface area contributed by atoms with Gasteiger partial charge in [-0.25, -0.2) is 13.8 Å². The van der Waals surface area contributed by atoms with Crippen molar-refractivity contribution >= 4 is 34.8 Å². The molecule has 0 aliphatic carbocycles. The third kappa shape index (κ3) is 6.40. The van der Waals surface area contributed by atoms with Crippen LogP contribution in [0.15, 0.2) is 54.7 Å². The van der Waals surface area contributed by atoms with Crippen molar-refractivity contribution in [1.29, 1.82) is 0 Å². The number of nitrogens with one attached hydrogen (secondary N) is 2. The molecule has 0 saturated heterocycles. The van der Waals surface area contributed by atoms with Gasteiger partial charge in [0.25, 0.3) is 11.8 Å². The fourth-order valence-corrected chi connectivity index (χ4v) is 2.53. The number of ether oxygens (including phenoxy) is 2. The third-order valence-corrected chi connectivity index (χ3v) is 3.90. The maximum absolute atomic E-state index is 14.4. The summed E-state index contributed by atoms with van der Waals surface area (Å²) in [7, 11) is 0. The Kier molecular flexibility index (Phi) is 7.18. The minimum Gasteiger partial charge on any atom is -0.484 e. The van der Waals surface area contributed by atoms with Crippen molar-refractivity contribution in [3.63, 3.8) is 0 Å². The number of hydrogen-bond acceptors (Lipinski definition) is 7. The van der Waals surface area contributed by atoms with Crippen molar-refractivity contribution in [1.82, 2.24) is 15.3 Å². The Labute approximate surface area is 185 Å². The fourth-order valence-electron chi connectivity index (χ4n) is 2.30. The molecule has 0 saturated carbocycles. The van der Waals surface area contributed by atoms with Crippen molar-refractivity contribution in [2.75, 3.05) is 11.9 Å². The van der Waals surface area contributed by atoms with Gasteiger partial charge < -0.3 is 20.5 Å². The normalized spacial score (nSPS) is 10.2. The van der Waals surface area contributed by atoms with Crippen molar-refractivity contribution in [3.8, 4) is 17.4 Å². The number of aromatic nitrogens is 2. The van der Waals surface area contributed by atoms with Crippen molar-refractivity contribution in [3.05, 3.63) is 72.2 Å². The summed E-state index contributed by atoms with van der Waals surface area (Å²) >= 11 is 5.02. The molecule has 0 aliphatic heterocycles. The minimum absolute atomic E-state index is 0.0719. The predicted octanol–water partition coefficient (Wildman–Crippen LogP) is 2.54. The first-order valence-corrected chi connectivity index (χ1v) is 9.30. The van der Waals surface area contributed by atoms with Crippen LogP contribution in [0.5, 0.6) is 17.4 Å². The molecule has 3 rings (SSSR count). The molecule has 1 heterocycles. The van der Waals surface area contributed by atoms with Gasteiger partial charge in [-0.15, -0.1) is 0 Å². The number of primary amides is 1. The summed E-state index contributed by atoms with van der Waals surface area (Å²) in [5, 5.41) is 4.92. The van der Waals surface area contributed by atoms with E-state index in [4.69, 9.17) is 27.4 Å². The van der Waals surface area contributed by atoms with Crippen molar-refractivity contribution in [2.24, 2.45) is 5.73 Å². The number of carbonyl (C=O) groups excluding carboxylic acids is 2. The van der Waals surface area contributed by atoms with Crippen LogP contribution in [-0.2, 0) is 4.79 Å². The molecular formula is C20H15F2N5O4S. The molecule has 2 aromatic carbocycles. The van der Waals surface area contributed by atoms with Crippen LogP contribution in [0.3, 0.4) is 0 Å². The fraction of sp³-hybridized carbons (Fsp3) is 0.0500. The highest BCUT2D eigenvalue weighted by Gasteiger charge is 2.12. The standard InChI is InChI=1S/C20H15F2N5O4S/c21-11-1-4-13(5-2-11)30-10-16(28)26-20(32)25-12-3-6-15(14(22)9-12)31-17-7-8-24-19(27-17)18(23)29/h1-9H,10H2,(H2,23,29)(H2,25,26,28,32). The smallest absolute Gasteiger partial charge is 0.286 e. The van der Waals surface area contributed by atoms with Gasteiger partial charge in [0.15, 0.2) is 23.3 Å². The Morgan fingerprint density at radius 3 is 2.53 bits per heavy atom. The molecule has 0 atom stereocenters. The molecule has 0 fully saturated rings. The van der Waals surface area contributed by atoms with E-state index < -0.39 is 23.4 Å². The molecule has 0 bridgehead atoms. The van der Waals surface area contributed by atoms with Crippen LogP contribution in [0.25, 0.3) is 0 Å². The van der Waals surface area contributed by atoms with E-state index in [1.54, 1.807) is 0 Å². The average molecular weight is 459 g/mol. The number of amides is 2. The van der Waals surface area contributed by atoms with Crippen molar-refractivity contribution < 1.29 is 27.8 Å². The summed E-state index contributed by atoms with van der Waals surface area (Å²) in [5.74, 6) is -2.82. The van der Waals surface area contributed by atoms with Crippen LogP contribution >= 0.6 is 12.2 Å². The number of thiocarbonyl (C=S) groups is 1. The summed E-state index contributed by atoms with van der Waals surface area (Å²) < 4.78 is 37.7. The van der Waals surface area contributed by atoms with E-state index in [1.807, 2.05) is 0 Å². The largest absolute Gasteiger partial charge is 0.484 e. The Morgan fingerprint density at radius 1 is 1.09 bits per heavy atom. The highest BCUT2D eigenvalue weighted by Crippen LogP contribution is 2.25. The van der Waals surface area contributed by atoms with Crippen LogP contribution in [0.2, 0.25) is 0 Å². The average Bonchev–Trinajstić information content (AvgIpc) is 2.75. The molecule has 3 aromatic rings. The zero-order valence-corrected chi connectivity index (χ0v) is 17.0. The lowest BCUT2D eigenvalue weighted by atomic mass is 10.3. The number of carbonyl (C=O) groups is 2. The van der Waals surface area contributed by atoms with Crippen LogP contribution in [-0.4, -0.2) is 33.5 Å². The zero-order chi connectivity index (χ0) is 23.1. The molecule has 0 spiro atoms. The Morgan fingerprint density at radius 2 is 1.84 bits per heavy atom. The number of nitrogens with zero attached hydrogens (tertiary/aromatic N) is 2. The van der Waals surface area contributed by atoms with Gasteiger partial charge >= 0.3 is 0 Å². The van der Waals surface area contributed by atoms with Gasteiger partial charge in [0, 0.05) is 24.0 Å². The first-order valence-electron chi connectivity index (χ1n) is 8.89. The Balaban J connectivity index is 1.53. The molecule has 164 valence electrons. The Bertz CT molecular complexity index is 1160. The van der Waals surface area contributed by atoms with Crippen molar-refractivity contribution in [2.45, 2.75) is 0 Å². The molecule has 0 radical (unpaired) electrons. The van der Waals surface area contributed by atoms with E-state index in [9.17, 15) is 18.4 Å². The number of hydrogen-bond donors (Lipinski definition) is 3. The van der Waals surface area contributed by atoms with Crippen LogP contribution in [0.1, 0.15) is 10.6 Å². The molecule has 32 heavy (non-hydrogen) atoms. The number of anilines is 1. The van der Waals surface area contributed by atoms with E-state index in [2.05, 4.69) is 20.6 Å². The van der Waals surface area contributed by atoms with Crippen LogP contribution in [0, 0.1) is 11.6 Å². The second kappa shape index (κ2) is 10.2. The highest BCUT2D eigenvalue weighted by atomic mass is 32.1. The van der Waals surface area contributed by atoms with Crippen LogP contribution in [0.4, 0.5) is 14.5 Å². The molecule has 0 aliphatic rings. The molecular weight excluding hydrogens is 444 g/mol. The van der Waals surface area contributed by atoms with Gasteiger partial charge in [0.2, 0.25) is 11.7 Å². The number of benzene rings is 2. The molecule has 2 amide bonds. The quantitative estimate of drug-likeness (QED) is 0.460.